The molecule has 0 N–H and O–H groups in total. The number of carbonyl (C=O) groups excluding carboxylic acids is 1. The van der Waals surface area contributed by atoms with E-state index in [2.05, 4.69) is 10.0 Å². The standard InChI is InChI=1S/C14H20N4O3/c1-5-21-13(20)10-9-18(7-6-11(10)19)12(8-16-17-15)14(2,3)4/h6-7,9,12H,5,8H2,1-4H3/t12-/m0/s1. The van der Waals surface area contributed by atoms with Gasteiger partial charge in [-0.1, -0.05) is 25.9 Å². The Hall–Kier alpha value is -2.27. The summed E-state index contributed by atoms with van der Waals surface area (Å²) in [6.07, 6.45) is 3.05. The van der Waals surface area contributed by atoms with E-state index in [9.17, 15) is 9.59 Å². The molecule has 1 atom stereocenters. The zero-order chi connectivity index (χ0) is 16.0. The second kappa shape index (κ2) is 6.95. The molecule has 7 heteroatoms. The van der Waals surface area contributed by atoms with Crippen LogP contribution in [0.15, 0.2) is 28.4 Å². The third kappa shape index (κ3) is 4.36. The summed E-state index contributed by atoms with van der Waals surface area (Å²) in [5.74, 6) is -0.645. The third-order valence-corrected chi connectivity index (χ3v) is 3.11. The molecule has 7 nitrogen and oxygen atoms in total. The van der Waals surface area contributed by atoms with E-state index in [4.69, 9.17) is 10.3 Å². The van der Waals surface area contributed by atoms with Crippen LogP contribution in [0.2, 0.25) is 0 Å². The number of pyridine rings is 1. The molecule has 0 aromatic carbocycles. The monoisotopic (exact) mass is 292 g/mol. The highest BCUT2D eigenvalue weighted by Crippen LogP contribution is 2.30. The van der Waals surface area contributed by atoms with Crippen molar-refractivity contribution in [3.8, 4) is 0 Å². The zero-order valence-electron chi connectivity index (χ0n) is 12.7. The summed E-state index contributed by atoms with van der Waals surface area (Å²) in [5, 5.41) is 3.61. The van der Waals surface area contributed by atoms with Crippen molar-refractivity contribution >= 4 is 5.97 Å². The molecule has 0 fully saturated rings. The van der Waals surface area contributed by atoms with E-state index in [0.29, 0.717) is 0 Å². The van der Waals surface area contributed by atoms with Crippen LogP contribution in [0.5, 0.6) is 0 Å². The highest BCUT2D eigenvalue weighted by atomic mass is 16.5. The largest absolute Gasteiger partial charge is 0.462 e. The number of carbonyl (C=O) groups is 1. The number of ether oxygens (including phenoxy) is 1. The lowest BCUT2D eigenvalue weighted by Crippen LogP contribution is -2.29. The molecule has 0 aliphatic rings. The van der Waals surface area contributed by atoms with Crippen LogP contribution >= 0.6 is 0 Å². The molecule has 114 valence electrons. The van der Waals surface area contributed by atoms with E-state index in [-0.39, 0.29) is 35.6 Å². The Balaban J connectivity index is 3.27. The molecule has 0 unspecified atom stereocenters. The summed E-state index contributed by atoms with van der Waals surface area (Å²) in [7, 11) is 0. The molecule has 1 aromatic heterocycles. The molecule has 1 rings (SSSR count). The van der Waals surface area contributed by atoms with Gasteiger partial charge in [-0.2, -0.15) is 0 Å². The minimum absolute atomic E-state index is 0.0189. The first kappa shape index (κ1) is 16.8. The number of esters is 1. The van der Waals surface area contributed by atoms with Gasteiger partial charge in [0, 0.05) is 36.0 Å². The molecule has 0 saturated carbocycles. The SMILES string of the molecule is CCOC(=O)c1cn([C@@H](CN=[N+]=[N-])C(C)(C)C)ccc1=O. The third-order valence-electron chi connectivity index (χ3n) is 3.11. The fraction of sp³-hybridized carbons (Fsp3) is 0.571. The summed E-state index contributed by atoms with van der Waals surface area (Å²) >= 11 is 0. The Morgan fingerprint density at radius 3 is 2.71 bits per heavy atom. The van der Waals surface area contributed by atoms with Gasteiger partial charge in [0.2, 0.25) is 0 Å². The predicted octanol–water partition coefficient (Wildman–Crippen LogP) is 2.92. The van der Waals surface area contributed by atoms with Crippen molar-refractivity contribution in [1.29, 1.82) is 0 Å². The number of hydrogen-bond donors (Lipinski definition) is 0. The van der Waals surface area contributed by atoms with Crippen LogP contribution in [0.4, 0.5) is 0 Å². The maximum absolute atomic E-state index is 11.8. The zero-order valence-corrected chi connectivity index (χ0v) is 12.7. The predicted molar refractivity (Wildman–Crippen MR) is 79.2 cm³/mol. The van der Waals surface area contributed by atoms with Gasteiger partial charge >= 0.3 is 5.97 Å². The van der Waals surface area contributed by atoms with Crippen molar-refractivity contribution in [2.24, 2.45) is 10.5 Å². The molecule has 0 amide bonds. The second-order valence-corrected chi connectivity index (χ2v) is 5.69. The lowest BCUT2D eigenvalue weighted by molar-refractivity contribution is 0.0523. The quantitative estimate of drug-likeness (QED) is 0.361. The lowest BCUT2D eigenvalue weighted by Gasteiger charge is -2.32. The van der Waals surface area contributed by atoms with Gasteiger partial charge in [0.05, 0.1) is 6.61 Å². The molecule has 0 radical (unpaired) electrons. The van der Waals surface area contributed by atoms with Crippen LogP contribution in [0.3, 0.4) is 0 Å². The lowest BCUT2D eigenvalue weighted by atomic mass is 9.86. The van der Waals surface area contributed by atoms with E-state index in [0.717, 1.165) is 0 Å². The van der Waals surface area contributed by atoms with Gasteiger partial charge in [0.25, 0.3) is 0 Å². The number of hydrogen-bond acceptors (Lipinski definition) is 4. The molecule has 1 heterocycles. The van der Waals surface area contributed by atoms with Gasteiger partial charge in [0.15, 0.2) is 5.43 Å². The van der Waals surface area contributed by atoms with Crippen molar-refractivity contribution in [3.63, 3.8) is 0 Å². The highest BCUT2D eigenvalue weighted by molar-refractivity contribution is 5.88. The van der Waals surface area contributed by atoms with E-state index >= 15 is 0 Å². The molecular formula is C14H20N4O3. The molecule has 1 aromatic rings. The molecule has 21 heavy (non-hydrogen) atoms. The molecule has 0 bridgehead atoms. The topological polar surface area (TPSA) is 97.1 Å². The number of azide groups is 1. The van der Waals surface area contributed by atoms with Crippen molar-refractivity contribution < 1.29 is 9.53 Å². The average molecular weight is 292 g/mol. The van der Waals surface area contributed by atoms with Crippen molar-refractivity contribution in [2.75, 3.05) is 13.2 Å². The van der Waals surface area contributed by atoms with Gasteiger partial charge in [0.1, 0.15) is 5.56 Å². The summed E-state index contributed by atoms with van der Waals surface area (Å²) in [6, 6.07) is 1.14. The Labute approximate surface area is 123 Å². The molecule has 0 saturated heterocycles. The Kier molecular flexibility index (Phi) is 5.55. The Morgan fingerprint density at radius 1 is 1.52 bits per heavy atom. The van der Waals surface area contributed by atoms with Crippen LogP contribution in [0.1, 0.15) is 44.1 Å². The van der Waals surface area contributed by atoms with Crippen LogP contribution in [-0.4, -0.2) is 23.7 Å². The van der Waals surface area contributed by atoms with Gasteiger partial charge in [-0.15, -0.1) is 0 Å². The van der Waals surface area contributed by atoms with E-state index < -0.39 is 5.97 Å². The van der Waals surface area contributed by atoms with Crippen LogP contribution in [0.25, 0.3) is 10.4 Å². The number of nitrogens with zero attached hydrogens (tertiary/aromatic N) is 4. The van der Waals surface area contributed by atoms with Crippen molar-refractivity contribution in [3.05, 3.63) is 44.7 Å². The van der Waals surface area contributed by atoms with Crippen LogP contribution in [0, 0.1) is 5.41 Å². The Bertz CT molecular complexity index is 609. The highest BCUT2D eigenvalue weighted by Gasteiger charge is 2.26. The normalized spacial score (nSPS) is 12.4. The average Bonchev–Trinajstić information content (AvgIpc) is 2.39. The number of rotatable bonds is 5. The summed E-state index contributed by atoms with van der Waals surface area (Å²) in [5.41, 5.74) is 7.89. The van der Waals surface area contributed by atoms with Gasteiger partial charge in [-0.25, -0.2) is 4.79 Å². The molecule has 0 spiro atoms. The minimum Gasteiger partial charge on any atom is -0.462 e. The Morgan fingerprint density at radius 2 is 2.19 bits per heavy atom. The van der Waals surface area contributed by atoms with E-state index in [1.165, 1.54) is 12.3 Å². The fourth-order valence-electron chi connectivity index (χ4n) is 1.98. The van der Waals surface area contributed by atoms with E-state index in [1.807, 2.05) is 20.8 Å². The first-order valence-corrected chi connectivity index (χ1v) is 6.71. The van der Waals surface area contributed by atoms with Gasteiger partial charge in [-0.3, -0.25) is 4.79 Å². The summed E-state index contributed by atoms with van der Waals surface area (Å²) in [4.78, 5) is 26.3. The first-order chi connectivity index (χ1) is 9.81. The van der Waals surface area contributed by atoms with Crippen molar-refractivity contribution in [1.82, 2.24) is 4.57 Å². The van der Waals surface area contributed by atoms with Gasteiger partial charge in [-0.05, 0) is 17.9 Å². The first-order valence-electron chi connectivity index (χ1n) is 6.71. The smallest absolute Gasteiger partial charge is 0.343 e. The maximum Gasteiger partial charge on any atom is 0.343 e. The summed E-state index contributed by atoms with van der Waals surface area (Å²) < 4.78 is 6.60. The molecule has 0 aliphatic heterocycles. The molecular weight excluding hydrogens is 272 g/mol. The van der Waals surface area contributed by atoms with Crippen molar-refractivity contribution in [2.45, 2.75) is 33.7 Å². The maximum atomic E-state index is 11.8. The fourth-order valence-corrected chi connectivity index (χ4v) is 1.98. The van der Waals surface area contributed by atoms with Crippen LogP contribution < -0.4 is 5.43 Å². The molecule has 0 aliphatic carbocycles. The minimum atomic E-state index is -0.645. The summed E-state index contributed by atoms with van der Waals surface area (Å²) in [6.45, 7) is 8.09. The van der Waals surface area contributed by atoms with Gasteiger partial charge < -0.3 is 9.30 Å². The van der Waals surface area contributed by atoms with Crippen LogP contribution in [-0.2, 0) is 4.74 Å². The second-order valence-electron chi connectivity index (χ2n) is 5.69. The van der Waals surface area contributed by atoms with E-state index in [1.54, 1.807) is 17.7 Å². The number of aromatic nitrogens is 1.